The van der Waals surface area contributed by atoms with Crippen molar-refractivity contribution < 1.29 is 14.7 Å². The van der Waals surface area contributed by atoms with Crippen molar-refractivity contribution in [1.29, 1.82) is 0 Å². The van der Waals surface area contributed by atoms with Gasteiger partial charge in [-0.3, -0.25) is 9.59 Å². The SMILES string of the molecule is CCCCCCCCCCCCCCCCCC(=O)NCC(NCC)C(=O)O. The van der Waals surface area contributed by atoms with Crippen molar-refractivity contribution in [3.05, 3.63) is 0 Å². The molecule has 0 aliphatic rings. The standard InChI is InChI=1S/C23H46N2O3/c1-3-5-6-7-8-9-10-11-12-13-14-15-16-17-18-19-22(26)25-20-21(23(27)28)24-4-2/h21,24H,3-20H2,1-2H3,(H,25,26)(H,27,28). The minimum Gasteiger partial charge on any atom is -0.480 e. The number of amides is 1. The molecule has 0 aliphatic carbocycles. The maximum absolute atomic E-state index is 11.8. The number of unbranched alkanes of at least 4 members (excludes halogenated alkanes) is 14. The number of carboxylic acids is 1. The van der Waals surface area contributed by atoms with E-state index in [1.54, 1.807) is 0 Å². The van der Waals surface area contributed by atoms with Crippen LogP contribution in [-0.4, -0.2) is 36.1 Å². The van der Waals surface area contributed by atoms with Crippen LogP contribution in [0.4, 0.5) is 0 Å². The Morgan fingerprint density at radius 1 is 0.714 bits per heavy atom. The number of carbonyl (C=O) groups is 2. The number of rotatable bonds is 21. The van der Waals surface area contributed by atoms with E-state index in [0.29, 0.717) is 13.0 Å². The van der Waals surface area contributed by atoms with Crippen molar-refractivity contribution in [2.75, 3.05) is 13.1 Å². The van der Waals surface area contributed by atoms with Gasteiger partial charge in [-0.15, -0.1) is 0 Å². The predicted molar refractivity (Wildman–Crippen MR) is 118 cm³/mol. The third-order valence-corrected chi connectivity index (χ3v) is 5.26. The quantitative estimate of drug-likeness (QED) is 0.225. The summed E-state index contributed by atoms with van der Waals surface area (Å²) >= 11 is 0. The molecule has 0 aliphatic heterocycles. The Bertz CT molecular complexity index is 375. The highest BCUT2D eigenvalue weighted by Gasteiger charge is 2.16. The summed E-state index contributed by atoms with van der Waals surface area (Å²) in [6, 6.07) is -0.699. The highest BCUT2D eigenvalue weighted by atomic mass is 16.4. The monoisotopic (exact) mass is 398 g/mol. The zero-order valence-electron chi connectivity index (χ0n) is 18.6. The molecule has 0 bridgehead atoms. The largest absolute Gasteiger partial charge is 0.480 e. The maximum atomic E-state index is 11.8. The van der Waals surface area contributed by atoms with E-state index in [1.165, 1.54) is 83.5 Å². The molecule has 0 spiro atoms. The van der Waals surface area contributed by atoms with Gasteiger partial charge >= 0.3 is 5.97 Å². The molecular formula is C23H46N2O3. The molecule has 0 heterocycles. The van der Waals surface area contributed by atoms with Gasteiger partial charge in [-0.05, 0) is 13.0 Å². The highest BCUT2D eigenvalue weighted by Crippen LogP contribution is 2.13. The second kappa shape index (κ2) is 20.6. The fourth-order valence-electron chi connectivity index (χ4n) is 3.45. The van der Waals surface area contributed by atoms with Crippen molar-refractivity contribution in [1.82, 2.24) is 10.6 Å². The molecular weight excluding hydrogens is 352 g/mol. The van der Waals surface area contributed by atoms with E-state index in [2.05, 4.69) is 17.6 Å². The highest BCUT2D eigenvalue weighted by molar-refractivity contribution is 5.78. The number of hydrogen-bond donors (Lipinski definition) is 3. The molecule has 5 heteroatoms. The number of hydrogen-bond acceptors (Lipinski definition) is 3. The second-order valence-electron chi connectivity index (χ2n) is 7.95. The lowest BCUT2D eigenvalue weighted by atomic mass is 10.0. The summed E-state index contributed by atoms with van der Waals surface area (Å²) in [7, 11) is 0. The molecule has 28 heavy (non-hydrogen) atoms. The van der Waals surface area contributed by atoms with Crippen molar-refractivity contribution in [2.45, 2.75) is 123 Å². The van der Waals surface area contributed by atoms with Crippen molar-refractivity contribution in [3.8, 4) is 0 Å². The summed E-state index contributed by atoms with van der Waals surface area (Å²) in [5.41, 5.74) is 0. The summed E-state index contributed by atoms with van der Waals surface area (Å²) in [6.07, 6.45) is 20.1. The first-order valence-electron chi connectivity index (χ1n) is 11.8. The summed E-state index contributed by atoms with van der Waals surface area (Å²) < 4.78 is 0. The van der Waals surface area contributed by atoms with Crippen molar-refractivity contribution in [2.24, 2.45) is 0 Å². The molecule has 0 saturated carbocycles. The van der Waals surface area contributed by atoms with E-state index >= 15 is 0 Å². The number of nitrogens with one attached hydrogen (secondary N) is 2. The van der Waals surface area contributed by atoms with Gasteiger partial charge in [0, 0.05) is 13.0 Å². The Balaban J connectivity index is 3.32. The van der Waals surface area contributed by atoms with Gasteiger partial charge in [-0.2, -0.15) is 0 Å². The zero-order valence-corrected chi connectivity index (χ0v) is 18.6. The Morgan fingerprint density at radius 2 is 1.14 bits per heavy atom. The zero-order chi connectivity index (χ0) is 20.9. The van der Waals surface area contributed by atoms with Crippen molar-refractivity contribution >= 4 is 11.9 Å². The van der Waals surface area contributed by atoms with Gasteiger partial charge in [0.15, 0.2) is 0 Å². The summed E-state index contributed by atoms with van der Waals surface area (Å²) in [6.45, 7) is 4.85. The molecule has 1 unspecified atom stereocenters. The van der Waals surface area contributed by atoms with Crippen LogP contribution in [-0.2, 0) is 9.59 Å². The fourth-order valence-corrected chi connectivity index (χ4v) is 3.45. The van der Waals surface area contributed by atoms with E-state index in [-0.39, 0.29) is 12.5 Å². The molecule has 0 aromatic heterocycles. The first-order valence-corrected chi connectivity index (χ1v) is 11.8. The lowest BCUT2D eigenvalue weighted by molar-refractivity contribution is -0.139. The summed E-state index contributed by atoms with van der Waals surface area (Å²) in [4.78, 5) is 22.8. The van der Waals surface area contributed by atoms with Gasteiger partial charge in [0.2, 0.25) is 5.91 Å². The molecule has 0 aromatic rings. The third kappa shape index (κ3) is 18.3. The molecule has 0 aromatic carbocycles. The topological polar surface area (TPSA) is 78.4 Å². The van der Waals surface area contributed by atoms with Gasteiger partial charge in [0.05, 0.1) is 0 Å². The van der Waals surface area contributed by atoms with Crippen LogP contribution in [0.3, 0.4) is 0 Å². The van der Waals surface area contributed by atoms with Crippen molar-refractivity contribution in [3.63, 3.8) is 0 Å². The second-order valence-corrected chi connectivity index (χ2v) is 7.95. The molecule has 166 valence electrons. The van der Waals surface area contributed by atoms with E-state index in [1.807, 2.05) is 6.92 Å². The van der Waals surface area contributed by atoms with E-state index in [0.717, 1.165) is 12.8 Å². The average Bonchev–Trinajstić information content (AvgIpc) is 2.67. The van der Waals surface area contributed by atoms with Crippen LogP contribution in [0.25, 0.3) is 0 Å². The van der Waals surface area contributed by atoms with E-state index in [4.69, 9.17) is 5.11 Å². The maximum Gasteiger partial charge on any atom is 0.322 e. The molecule has 0 rings (SSSR count). The molecule has 3 N–H and O–H groups in total. The molecule has 0 fully saturated rings. The molecule has 5 nitrogen and oxygen atoms in total. The smallest absolute Gasteiger partial charge is 0.322 e. The normalized spacial score (nSPS) is 12.1. The van der Waals surface area contributed by atoms with Crippen LogP contribution in [0.5, 0.6) is 0 Å². The van der Waals surface area contributed by atoms with Gasteiger partial charge in [0.25, 0.3) is 0 Å². The van der Waals surface area contributed by atoms with Crippen LogP contribution in [0.1, 0.15) is 117 Å². The first-order chi connectivity index (χ1) is 13.6. The lowest BCUT2D eigenvalue weighted by Gasteiger charge is -2.13. The Morgan fingerprint density at radius 3 is 1.54 bits per heavy atom. The van der Waals surface area contributed by atoms with Crippen LogP contribution in [0, 0.1) is 0 Å². The molecule has 0 radical (unpaired) electrons. The number of likely N-dealkylation sites (N-methyl/N-ethyl adjacent to an activating group) is 1. The fraction of sp³-hybridized carbons (Fsp3) is 0.913. The van der Waals surface area contributed by atoms with E-state index in [9.17, 15) is 9.59 Å². The third-order valence-electron chi connectivity index (χ3n) is 5.26. The number of carbonyl (C=O) groups excluding carboxylic acids is 1. The lowest BCUT2D eigenvalue weighted by Crippen LogP contribution is -2.45. The molecule has 1 atom stereocenters. The van der Waals surface area contributed by atoms with Crippen LogP contribution >= 0.6 is 0 Å². The van der Waals surface area contributed by atoms with Crippen LogP contribution in [0.15, 0.2) is 0 Å². The van der Waals surface area contributed by atoms with E-state index < -0.39 is 12.0 Å². The molecule has 1 amide bonds. The van der Waals surface area contributed by atoms with Crippen LogP contribution < -0.4 is 10.6 Å². The summed E-state index contributed by atoms with van der Waals surface area (Å²) in [5, 5.41) is 14.6. The van der Waals surface area contributed by atoms with Gasteiger partial charge in [-0.25, -0.2) is 0 Å². The Kier molecular flexibility index (Phi) is 19.8. The minimum atomic E-state index is -0.922. The summed E-state index contributed by atoms with van der Waals surface area (Å²) in [5.74, 6) is -0.965. The van der Waals surface area contributed by atoms with Gasteiger partial charge in [0.1, 0.15) is 6.04 Å². The Labute approximate surface area is 173 Å². The number of carboxylic acid groups (broad SMARTS) is 1. The van der Waals surface area contributed by atoms with Gasteiger partial charge in [-0.1, -0.05) is 104 Å². The number of aliphatic carboxylic acids is 1. The van der Waals surface area contributed by atoms with Gasteiger partial charge < -0.3 is 15.7 Å². The van der Waals surface area contributed by atoms with Crippen LogP contribution in [0.2, 0.25) is 0 Å². The first kappa shape index (κ1) is 26.9. The Hall–Kier alpha value is -1.10. The predicted octanol–water partition coefficient (Wildman–Crippen LogP) is 5.43. The molecule has 0 saturated heterocycles. The average molecular weight is 399 g/mol. The minimum absolute atomic E-state index is 0.0427.